The molecule has 0 unspecified atom stereocenters. The van der Waals surface area contributed by atoms with Gasteiger partial charge in [0.25, 0.3) is 0 Å². The van der Waals surface area contributed by atoms with E-state index in [9.17, 15) is 5.11 Å². The molecule has 0 amide bonds. The molecule has 0 fully saturated rings. The molecule has 1 N–H and O–H groups in total. The fourth-order valence-corrected chi connectivity index (χ4v) is 2.02. The minimum atomic E-state index is 0.338. The predicted molar refractivity (Wildman–Crippen MR) is 69.4 cm³/mol. The van der Waals surface area contributed by atoms with Crippen LogP contribution in [0.3, 0.4) is 0 Å². The fraction of sp³-hybridized carbons (Fsp3) is 0.231. The number of hydrogen-bond donors (Lipinski definition) is 1. The molecular weight excluding hydrogens is 252 g/mol. The molecule has 80 valence electrons. The molecule has 0 bridgehead atoms. The van der Waals surface area contributed by atoms with Gasteiger partial charge in [-0.25, -0.2) is 0 Å². The highest BCUT2D eigenvalue weighted by molar-refractivity contribution is 9.10. The van der Waals surface area contributed by atoms with Crippen molar-refractivity contribution in [3.63, 3.8) is 0 Å². The lowest BCUT2D eigenvalue weighted by atomic mass is 10.1. The van der Waals surface area contributed by atoms with Crippen LogP contribution in [0, 0.1) is 6.92 Å². The summed E-state index contributed by atoms with van der Waals surface area (Å²) in [5.41, 5.74) is 0.929. The molecule has 2 rings (SSSR count). The molecule has 0 saturated heterocycles. The van der Waals surface area contributed by atoms with Crippen LogP contribution in [-0.4, -0.2) is 5.11 Å². The number of hydrogen-bond acceptors (Lipinski definition) is 1. The molecule has 1 nitrogen and oxygen atoms in total. The smallest absolute Gasteiger partial charge is 0.120 e. The van der Waals surface area contributed by atoms with E-state index in [-0.39, 0.29) is 0 Å². The summed E-state index contributed by atoms with van der Waals surface area (Å²) in [5, 5.41) is 11.8. The van der Waals surface area contributed by atoms with Gasteiger partial charge < -0.3 is 5.11 Å². The van der Waals surface area contributed by atoms with Crippen molar-refractivity contribution in [3.05, 3.63) is 40.4 Å². The first kappa shape index (κ1) is 12.1. The first-order chi connectivity index (χ1) is 7.20. The van der Waals surface area contributed by atoms with Crippen molar-refractivity contribution in [1.29, 1.82) is 0 Å². The van der Waals surface area contributed by atoms with Gasteiger partial charge in [-0.1, -0.05) is 54.0 Å². The van der Waals surface area contributed by atoms with Crippen LogP contribution in [0.25, 0.3) is 10.8 Å². The third-order valence-corrected chi connectivity index (χ3v) is 2.89. The summed E-state index contributed by atoms with van der Waals surface area (Å²) in [4.78, 5) is 0. The van der Waals surface area contributed by atoms with Crippen molar-refractivity contribution in [2.75, 3.05) is 0 Å². The molecule has 0 atom stereocenters. The van der Waals surface area contributed by atoms with Gasteiger partial charge >= 0.3 is 0 Å². The van der Waals surface area contributed by atoms with E-state index in [1.165, 1.54) is 0 Å². The second-order valence-electron chi connectivity index (χ2n) is 3.05. The molecule has 0 aliphatic heterocycles. The maximum atomic E-state index is 9.57. The Morgan fingerprint density at radius 3 is 2.20 bits per heavy atom. The second-order valence-corrected chi connectivity index (χ2v) is 3.90. The van der Waals surface area contributed by atoms with E-state index < -0.39 is 0 Å². The molecule has 0 spiro atoms. The number of rotatable bonds is 0. The molecule has 2 aromatic rings. The molecule has 0 aliphatic rings. The summed E-state index contributed by atoms with van der Waals surface area (Å²) in [5.74, 6) is 0.338. The third kappa shape index (κ3) is 2.32. The van der Waals surface area contributed by atoms with E-state index in [1.807, 2.05) is 45.0 Å². The maximum Gasteiger partial charge on any atom is 0.120 e. The number of benzene rings is 2. The third-order valence-electron chi connectivity index (χ3n) is 2.24. The normalized spacial score (nSPS) is 9.60. The van der Waals surface area contributed by atoms with Crippen molar-refractivity contribution in [2.45, 2.75) is 20.8 Å². The largest absolute Gasteiger partial charge is 0.508 e. The van der Waals surface area contributed by atoms with E-state index in [0.29, 0.717) is 5.75 Å². The van der Waals surface area contributed by atoms with Crippen molar-refractivity contribution in [2.24, 2.45) is 0 Å². The highest BCUT2D eigenvalue weighted by Crippen LogP contribution is 2.32. The van der Waals surface area contributed by atoms with Crippen LogP contribution in [0.2, 0.25) is 0 Å². The Bertz CT molecular complexity index is 463. The van der Waals surface area contributed by atoms with Crippen LogP contribution in [0.1, 0.15) is 19.4 Å². The molecule has 0 saturated carbocycles. The summed E-state index contributed by atoms with van der Waals surface area (Å²) in [6.45, 7) is 5.92. The summed E-state index contributed by atoms with van der Waals surface area (Å²) in [7, 11) is 0. The van der Waals surface area contributed by atoms with Crippen LogP contribution in [0.15, 0.2) is 34.8 Å². The zero-order valence-electron chi connectivity index (χ0n) is 9.21. The number of aromatic hydroxyl groups is 1. The van der Waals surface area contributed by atoms with Gasteiger partial charge in [0.05, 0.1) is 0 Å². The minimum absolute atomic E-state index is 0.338. The number of phenolic OH excluding ortho intramolecular Hbond substituents is 1. The SMILES string of the molecule is CC.Cc1c(O)cc(Br)c2ccccc12. The Balaban J connectivity index is 0.000000531. The van der Waals surface area contributed by atoms with Crippen LogP contribution >= 0.6 is 15.9 Å². The van der Waals surface area contributed by atoms with Gasteiger partial charge in [0, 0.05) is 4.47 Å². The first-order valence-electron chi connectivity index (χ1n) is 5.07. The fourth-order valence-electron chi connectivity index (χ4n) is 1.46. The molecule has 0 aromatic heterocycles. The van der Waals surface area contributed by atoms with Crippen molar-refractivity contribution in [1.82, 2.24) is 0 Å². The zero-order valence-corrected chi connectivity index (χ0v) is 10.8. The van der Waals surface area contributed by atoms with Gasteiger partial charge in [0.15, 0.2) is 0 Å². The Kier molecular flexibility index (Phi) is 4.15. The number of aryl methyl sites for hydroxylation is 1. The lowest BCUT2D eigenvalue weighted by Crippen LogP contribution is -1.80. The number of halogens is 1. The van der Waals surface area contributed by atoms with Crippen molar-refractivity contribution < 1.29 is 5.11 Å². The Hall–Kier alpha value is -1.02. The molecule has 0 aliphatic carbocycles. The molecule has 0 heterocycles. The second kappa shape index (κ2) is 5.17. The highest BCUT2D eigenvalue weighted by atomic mass is 79.9. The molecule has 0 radical (unpaired) electrons. The average molecular weight is 267 g/mol. The monoisotopic (exact) mass is 266 g/mol. The predicted octanol–water partition coefficient (Wildman–Crippen LogP) is 4.64. The standard InChI is InChI=1S/C11H9BrO.C2H6/c1-7-8-4-2-3-5-9(8)10(12)6-11(7)13;1-2/h2-6,13H,1H3;1-2H3. The number of phenols is 1. The minimum Gasteiger partial charge on any atom is -0.508 e. The van der Waals surface area contributed by atoms with Gasteiger partial charge in [-0.15, -0.1) is 0 Å². The molecular formula is C13H15BrO. The van der Waals surface area contributed by atoms with E-state index in [0.717, 1.165) is 20.8 Å². The van der Waals surface area contributed by atoms with Gasteiger partial charge in [-0.2, -0.15) is 0 Å². The van der Waals surface area contributed by atoms with E-state index in [2.05, 4.69) is 15.9 Å². The lowest BCUT2D eigenvalue weighted by molar-refractivity contribution is 0.472. The molecule has 2 aromatic carbocycles. The van der Waals surface area contributed by atoms with E-state index >= 15 is 0 Å². The van der Waals surface area contributed by atoms with Crippen LogP contribution in [0.4, 0.5) is 0 Å². The molecule has 2 heteroatoms. The van der Waals surface area contributed by atoms with Gasteiger partial charge in [-0.3, -0.25) is 0 Å². The topological polar surface area (TPSA) is 20.2 Å². The van der Waals surface area contributed by atoms with Crippen LogP contribution in [-0.2, 0) is 0 Å². The molecule has 15 heavy (non-hydrogen) atoms. The van der Waals surface area contributed by atoms with Crippen LogP contribution in [0.5, 0.6) is 5.75 Å². The van der Waals surface area contributed by atoms with Gasteiger partial charge in [0.2, 0.25) is 0 Å². The van der Waals surface area contributed by atoms with Gasteiger partial charge in [-0.05, 0) is 29.3 Å². The summed E-state index contributed by atoms with van der Waals surface area (Å²) in [6, 6.07) is 9.74. The van der Waals surface area contributed by atoms with Crippen molar-refractivity contribution in [3.8, 4) is 5.75 Å². The Labute approximate surface area is 98.9 Å². The quantitative estimate of drug-likeness (QED) is 0.737. The van der Waals surface area contributed by atoms with E-state index in [1.54, 1.807) is 6.07 Å². The summed E-state index contributed by atoms with van der Waals surface area (Å²) in [6.07, 6.45) is 0. The zero-order chi connectivity index (χ0) is 11.4. The van der Waals surface area contributed by atoms with Crippen LogP contribution < -0.4 is 0 Å². The first-order valence-corrected chi connectivity index (χ1v) is 5.86. The maximum absolute atomic E-state index is 9.57. The van der Waals surface area contributed by atoms with E-state index in [4.69, 9.17) is 0 Å². The summed E-state index contributed by atoms with van der Waals surface area (Å²) < 4.78 is 0.936. The Morgan fingerprint density at radius 2 is 1.60 bits per heavy atom. The van der Waals surface area contributed by atoms with Crippen molar-refractivity contribution >= 4 is 26.7 Å². The Morgan fingerprint density at radius 1 is 1.07 bits per heavy atom. The lowest BCUT2D eigenvalue weighted by Gasteiger charge is -2.06. The highest BCUT2D eigenvalue weighted by Gasteiger charge is 2.04. The number of fused-ring (bicyclic) bond motifs is 1. The summed E-state index contributed by atoms with van der Waals surface area (Å²) >= 11 is 3.42. The van der Waals surface area contributed by atoms with Gasteiger partial charge in [0.1, 0.15) is 5.75 Å². The average Bonchev–Trinajstić information content (AvgIpc) is 2.29.